The predicted molar refractivity (Wildman–Crippen MR) is 88.1 cm³/mol. The van der Waals surface area contributed by atoms with Crippen LogP contribution in [-0.2, 0) is 16.1 Å². The highest BCUT2D eigenvalue weighted by molar-refractivity contribution is 5.98. The van der Waals surface area contributed by atoms with Crippen LogP contribution >= 0.6 is 0 Å². The van der Waals surface area contributed by atoms with Crippen molar-refractivity contribution in [2.75, 3.05) is 25.7 Å². The number of hydrogen-bond donors (Lipinski definition) is 1. The van der Waals surface area contributed by atoms with Gasteiger partial charge in [-0.3, -0.25) is 14.5 Å². The number of furan rings is 1. The van der Waals surface area contributed by atoms with Crippen molar-refractivity contribution in [2.45, 2.75) is 13.5 Å². The quantitative estimate of drug-likeness (QED) is 0.838. The largest absolute Gasteiger partial charge is 0.497 e. The maximum atomic E-state index is 12.1. The zero-order chi connectivity index (χ0) is 17.5. The van der Waals surface area contributed by atoms with Crippen LogP contribution in [0.25, 0.3) is 0 Å². The molecule has 2 rings (SSSR count). The summed E-state index contributed by atoms with van der Waals surface area (Å²) in [7, 11) is 3.03. The van der Waals surface area contributed by atoms with E-state index in [1.807, 2.05) is 0 Å². The SMILES string of the molecule is COc1ccc(N(CC(=O)NCc2ccco2)C(C)=O)c(OC)c1. The molecule has 1 N–H and O–H groups in total. The third-order valence-corrected chi connectivity index (χ3v) is 3.40. The monoisotopic (exact) mass is 332 g/mol. The van der Waals surface area contributed by atoms with E-state index in [0.717, 1.165) is 0 Å². The summed E-state index contributed by atoms with van der Waals surface area (Å²) in [4.78, 5) is 25.5. The number of amides is 2. The van der Waals surface area contributed by atoms with Crippen LogP contribution in [0.5, 0.6) is 11.5 Å². The maximum absolute atomic E-state index is 12.1. The molecule has 0 aliphatic carbocycles. The van der Waals surface area contributed by atoms with Gasteiger partial charge in [-0.15, -0.1) is 0 Å². The molecule has 1 heterocycles. The fraction of sp³-hybridized carbons (Fsp3) is 0.294. The summed E-state index contributed by atoms with van der Waals surface area (Å²) in [6.07, 6.45) is 1.53. The summed E-state index contributed by atoms with van der Waals surface area (Å²) in [5.41, 5.74) is 0.499. The highest BCUT2D eigenvalue weighted by Gasteiger charge is 2.20. The van der Waals surface area contributed by atoms with Crippen LogP contribution in [0.2, 0.25) is 0 Å². The molecule has 0 atom stereocenters. The van der Waals surface area contributed by atoms with E-state index in [9.17, 15) is 9.59 Å². The van der Waals surface area contributed by atoms with E-state index in [0.29, 0.717) is 22.9 Å². The Morgan fingerprint density at radius 2 is 2.00 bits per heavy atom. The van der Waals surface area contributed by atoms with Gasteiger partial charge in [0, 0.05) is 13.0 Å². The fourth-order valence-electron chi connectivity index (χ4n) is 2.17. The molecule has 0 saturated heterocycles. The third-order valence-electron chi connectivity index (χ3n) is 3.40. The first-order chi connectivity index (χ1) is 11.5. The standard InChI is InChI=1S/C17H20N2O5/c1-12(20)19(11-17(21)18-10-14-5-4-8-24-14)15-7-6-13(22-2)9-16(15)23-3/h4-9H,10-11H2,1-3H3,(H,18,21). The van der Waals surface area contributed by atoms with Crippen LogP contribution in [0, 0.1) is 0 Å². The van der Waals surface area contributed by atoms with Crippen molar-refractivity contribution in [2.24, 2.45) is 0 Å². The molecule has 7 heteroatoms. The number of methoxy groups -OCH3 is 2. The van der Waals surface area contributed by atoms with Gasteiger partial charge in [-0.2, -0.15) is 0 Å². The van der Waals surface area contributed by atoms with Gasteiger partial charge in [0.15, 0.2) is 0 Å². The molecule has 7 nitrogen and oxygen atoms in total. The van der Waals surface area contributed by atoms with Gasteiger partial charge >= 0.3 is 0 Å². The molecular formula is C17H20N2O5. The molecule has 0 radical (unpaired) electrons. The van der Waals surface area contributed by atoms with Crippen molar-refractivity contribution in [3.05, 3.63) is 42.4 Å². The lowest BCUT2D eigenvalue weighted by atomic mass is 10.2. The van der Waals surface area contributed by atoms with E-state index in [2.05, 4.69) is 5.32 Å². The van der Waals surface area contributed by atoms with Gasteiger partial charge in [0.1, 0.15) is 23.8 Å². The van der Waals surface area contributed by atoms with E-state index in [-0.39, 0.29) is 24.9 Å². The highest BCUT2D eigenvalue weighted by Crippen LogP contribution is 2.32. The number of benzene rings is 1. The van der Waals surface area contributed by atoms with E-state index in [4.69, 9.17) is 13.9 Å². The highest BCUT2D eigenvalue weighted by atomic mass is 16.5. The number of hydrogen-bond acceptors (Lipinski definition) is 5. The van der Waals surface area contributed by atoms with Crippen molar-refractivity contribution >= 4 is 17.5 Å². The van der Waals surface area contributed by atoms with Crippen LogP contribution in [0.4, 0.5) is 5.69 Å². The molecule has 0 aliphatic heterocycles. The van der Waals surface area contributed by atoms with Crippen molar-refractivity contribution < 1.29 is 23.5 Å². The molecule has 1 aromatic carbocycles. The molecule has 0 bridgehead atoms. The van der Waals surface area contributed by atoms with Crippen molar-refractivity contribution in [1.29, 1.82) is 0 Å². The zero-order valence-electron chi connectivity index (χ0n) is 13.9. The van der Waals surface area contributed by atoms with Crippen LogP contribution in [0.15, 0.2) is 41.0 Å². The second-order valence-corrected chi connectivity index (χ2v) is 5.00. The summed E-state index contributed by atoms with van der Waals surface area (Å²) in [5, 5.41) is 2.71. The minimum absolute atomic E-state index is 0.126. The minimum atomic E-state index is -0.306. The topological polar surface area (TPSA) is 81.0 Å². The third kappa shape index (κ3) is 4.28. The van der Waals surface area contributed by atoms with Crippen molar-refractivity contribution in [3.8, 4) is 11.5 Å². The second-order valence-electron chi connectivity index (χ2n) is 5.00. The lowest BCUT2D eigenvalue weighted by Crippen LogP contribution is -2.39. The van der Waals surface area contributed by atoms with Crippen molar-refractivity contribution in [1.82, 2.24) is 5.32 Å². The van der Waals surface area contributed by atoms with Crippen LogP contribution in [0.3, 0.4) is 0 Å². The number of nitrogens with one attached hydrogen (secondary N) is 1. The van der Waals surface area contributed by atoms with Crippen LogP contribution in [0.1, 0.15) is 12.7 Å². The maximum Gasteiger partial charge on any atom is 0.240 e. The van der Waals surface area contributed by atoms with Gasteiger partial charge in [0.05, 0.1) is 32.7 Å². The lowest BCUT2D eigenvalue weighted by molar-refractivity contribution is -0.123. The number of anilines is 1. The molecule has 2 amide bonds. The molecule has 2 aromatic rings. The smallest absolute Gasteiger partial charge is 0.240 e. The first kappa shape index (κ1) is 17.4. The zero-order valence-corrected chi connectivity index (χ0v) is 13.9. The Bertz CT molecular complexity index is 697. The Hall–Kier alpha value is -2.96. The van der Waals surface area contributed by atoms with Crippen LogP contribution < -0.4 is 19.7 Å². The summed E-state index contributed by atoms with van der Waals surface area (Å²) in [6, 6.07) is 8.54. The molecule has 0 spiro atoms. The van der Waals surface area contributed by atoms with Gasteiger partial charge < -0.3 is 19.2 Å². The summed E-state index contributed by atoms with van der Waals surface area (Å²) < 4.78 is 15.6. The van der Waals surface area contributed by atoms with E-state index in [1.165, 1.54) is 25.2 Å². The van der Waals surface area contributed by atoms with E-state index in [1.54, 1.807) is 37.4 Å². The number of carbonyl (C=O) groups excluding carboxylic acids is 2. The average Bonchev–Trinajstić information content (AvgIpc) is 3.10. The van der Waals surface area contributed by atoms with Gasteiger partial charge in [-0.05, 0) is 24.3 Å². The normalized spacial score (nSPS) is 10.1. The van der Waals surface area contributed by atoms with Crippen molar-refractivity contribution in [3.63, 3.8) is 0 Å². The van der Waals surface area contributed by atoms with Crippen LogP contribution in [-0.4, -0.2) is 32.6 Å². The molecule has 0 aliphatic rings. The molecule has 0 saturated carbocycles. The van der Waals surface area contributed by atoms with Gasteiger partial charge in [0.2, 0.25) is 11.8 Å². The van der Waals surface area contributed by atoms with Gasteiger partial charge in [-0.1, -0.05) is 0 Å². The Morgan fingerprint density at radius 1 is 1.21 bits per heavy atom. The first-order valence-corrected chi connectivity index (χ1v) is 7.34. The van der Waals surface area contributed by atoms with E-state index < -0.39 is 0 Å². The fourth-order valence-corrected chi connectivity index (χ4v) is 2.17. The Labute approximate surface area is 140 Å². The Morgan fingerprint density at radius 3 is 2.58 bits per heavy atom. The predicted octanol–water partition coefficient (Wildman–Crippen LogP) is 1.97. The Balaban J connectivity index is 2.11. The molecule has 0 unspecified atom stereocenters. The average molecular weight is 332 g/mol. The lowest BCUT2D eigenvalue weighted by Gasteiger charge is -2.23. The Kier molecular flexibility index (Phi) is 5.83. The molecule has 0 fully saturated rings. The first-order valence-electron chi connectivity index (χ1n) is 7.34. The molecule has 24 heavy (non-hydrogen) atoms. The second kappa shape index (κ2) is 8.05. The number of rotatable bonds is 7. The summed E-state index contributed by atoms with van der Waals surface area (Å²) in [6.45, 7) is 1.53. The number of ether oxygens (including phenoxy) is 2. The van der Waals surface area contributed by atoms with Gasteiger partial charge in [-0.25, -0.2) is 0 Å². The number of nitrogens with zero attached hydrogens (tertiary/aromatic N) is 1. The molecule has 128 valence electrons. The number of carbonyl (C=O) groups is 2. The molecular weight excluding hydrogens is 312 g/mol. The van der Waals surface area contributed by atoms with E-state index >= 15 is 0 Å². The summed E-state index contributed by atoms with van der Waals surface area (Å²) >= 11 is 0. The minimum Gasteiger partial charge on any atom is -0.497 e. The summed E-state index contributed by atoms with van der Waals surface area (Å²) in [5.74, 6) is 1.11. The molecule has 1 aromatic heterocycles. The van der Waals surface area contributed by atoms with Gasteiger partial charge in [0.25, 0.3) is 0 Å².